The summed E-state index contributed by atoms with van der Waals surface area (Å²) in [5.74, 6) is 1.22. The van der Waals surface area contributed by atoms with E-state index in [0.717, 1.165) is 38.9 Å². The molecule has 0 saturated heterocycles. The van der Waals surface area contributed by atoms with Crippen LogP contribution in [0.25, 0.3) is 0 Å². The predicted molar refractivity (Wildman–Crippen MR) is 112 cm³/mol. The molecule has 0 radical (unpaired) electrons. The van der Waals surface area contributed by atoms with Gasteiger partial charge >= 0.3 is 0 Å². The largest absolute Gasteiger partial charge is 0.395 e. The van der Waals surface area contributed by atoms with Gasteiger partial charge in [-0.3, -0.25) is 4.99 Å². The van der Waals surface area contributed by atoms with Gasteiger partial charge in [0.1, 0.15) is 0 Å². The molecule has 1 atom stereocenters. The zero-order chi connectivity index (χ0) is 18.9. The smallest absolute Gasteiger partial charge is 0.0991 e. The fourth-order valence-electron chi connectivity index (χ4n) is 3.80. The third kappa shape index (κ3) is 11.9. The average molecular weight is 369 g/mol. The lowest BCUT2D eigenvalue weighted by atomic mass is 10.0. The Morgan fingerprint density at radius 3 is 2.08 bits per heavy atom. The number of β-amino-alcohol motifs (C(OH)–C–C–N with tert-alkyl or cyclic N) is 1. The normalized spacial score (nSPS) is 15.5. The molecule has 0 aromatic heterocycles. The second-order valence-electron chi connectivity index (χ2n) is 7.88. The summed E-state index contributed by atoms with van der Waals surface area (Å²) in [6.45, 7) is 5.10. The van der Waals surface area contributed by atoms with E-state index in [1.54, 1.807) is 0 Å². The molecule has 1 rings (SSSR count). The first-order chi connectivity index (χ1) is 12.8. The van der Waals surface area contributed by atoms with Crippen LogP contribution in [0, 0.1) is 0 Å². The van der Waals surface area contributed by atoms with Crippen molar-refractivity contribution in [3.8, 4) is 0 Å². The minimum atomic E-state index is -0.0595. The Morgan fingerprint density at radius 1 is 0.885 bits per heavy atom. The fourth-order valence-corrected chi connectivity index (χ4v) is 3.80. The van der Waals surface area contributed by atoms with Crippen LogP contribution in [0.4, 0.5) is 0 Å². The molecule has 0 amide bonds. The molecule has 0 spiro atoms. The van der Waals surface area contributed by atoms with Crippen LogP contribution in [0.15, 0.2) is 4.99 Å². The molecule has 0 saturated carbocycles. The van der Waals surface area contributed by atoms with E-state index in [0.29, 0.717) is 0 Å². The zero-order valence-electron chi connectivity index (χ0n) is 17.3. The van der Waals surface area contributed by atoms with E-state index in [-0.39, 0.29) is 12.7 Å². The highest BCUT2D eigenvalue weighted by Crippen LogP contribution is 2.15. The third-order valence-corrected chi connectivity index (χ3v) is 5.48. The molecule has 1 unspecified atom stereocenters. The van der Waals surface area contributed by atoms with Crippen molar-refractivity contribution in [1.29, 1.82) is 0 Å². The molecule has 0 bridgehead atoms. The van der Waals surface area contributed by atoms with Gasteiger partial charge in [-0.1, -0.05) is 77.6 Å². The minimum Gasteiger partial charge on any atom is -0.395 e. The highest BCUT2D eigenvalue weighted by molar-refractivity contribution is 5.83. The van der Waals surface area contributed by atoms with Crippen LogP contribution in [0.3, 0.4) is 0 Å². The number of aliphatic hydroxyl groups is 2. The number of aliphatic hydroxyl groups excluding tert-OH is 2. The Bertz CT molecular complexity index is 347. The minimum absolute atomic E-state index is 0.0595. The van der Waals surface area contributed by atoms with Gasteiger partial charge in [-0.15, -0.1) is 0 Å². The molecule has 26 heavy (non-hydrogen) atoms. The van der Waals surface area contributed by atoms with Crippen LogP contribution >= 0.6 is 0 Å². The lowest BCUT2D eigenvalue weighted by Gasteiger charge is -2.18. The number of unbranched alkanes of at least 4 members (excludes halogenated alkanes) is 10. The maximum Gasteiger partial charge on any atom is 0.0991 e. The molecule has 4 heteroatoms. The Labute approximate surface area is 162 Å². The molecule has 4 nitrogen and oxygen atoms in total. The Morgan fingerprint density at radius 2 is 1.46 bits per heavy atom. The van der Waals surface area contributed by atoms with Crippen molar-refractivity contribution in [2.45, 2.75) is 109 Å². The van der Waals surface area contributed by atoms with Crippen molar-refractivity contribution in [2.24, 2.45) is 4.99 Å². The van der Waals surface area contributed by atoms with Crippen LogP contribution in [-0.2, 0) is 0 Å². The zero-order valence-corrected chi connectivity index (χ0v) is 17.3. The molecule has 0 aromatic carbocycles. The molecule has 154 valence electrons. The number of aliphatic imine (C=N–C) groups is 1. The van der Waals surface area contributed by atoms with Crippen LogP contribution in [-0.4, -0.2) is 53.3 Å². The quantitative estimate of drug-likeness (QED) is 0.337. The standard InChI is InChI=1S/C22H44N2O2/c1-2-3-4-11-14-21(26)15-12-9-7-5-6-8-10-13-16-22-23-17-18-24(22)19-20-25/h21,25-26H,2-20H2,1H3. The molecular weight excluding hydrogens is 324 g/mol. The van der Waals surface area contributed by atoms with E-state index in [4.69, 9.17) is 5.11 Å². The Kier molecular flexibility index (Phi) is 14.9. The van der Waals surface area contributed by atoms with Gasteiger partial charge in [0.05, 0.1) is 25.1 Å². The van der Waals surface area contributed by atoms with Gasteiger partial charge in [0.25, 0.3) is 0 Å². The summed E-state index contributed by atoms with van der Waals surface area (Å²) in [6, 6.07) is 0. The van der Waals surface area contributed by atoms with Gasteiger partial charge < -0.3 is 15.1 Å². The number of amidine groups is 1. The number of hydrogen-bond donors (Lipinski definition) is 2. The van der Waals surface area contributed by atoms with Gasteiger partial charge in [0.2, 0.25) is 0 Å². The number of rotatable bonds is 18. The first kappa shape index (κ1) is 23.4. The molecule has 0 aromatic rings. The van der Waals surface area contributed by atoms with Gasteiger partial charge in [-0.2, -0.15) is 0 Å². The highest BCUT2D eigenvalue weighted by atomic mass is 16.3. The van der Waals surface area contributed by atoms with Crippen molar-refractivity contribution in [3.63, 3.8) is 0 Å². The summed E-state index contributed by atoms with van der Waals surface area (Å²) in [4.78, 5) is 6.79. The van der Waals surface area contributed by atoms with E-state index in [9.17, 15) is 5.11 Å². The molecule has 0 fully saturated rings. The van der Waals surface area contributed by atoms with Crippen molar-refractivity contribution < 1.29 is 10.2 Å². The van der Waals surface area contributed by atoms with Gasteiger partial charge in [0, 0.05) is 19.5 Å². The number of hydrogen-bond acceptors (Lipinski definition) is 4. The van der Waals surface area contributed by atoms with E-state index < -0.39 is 0 Å². The van der Waals surface area contributed by atoms with Crippen molar-refractivity contribution in [3.05, 3.63) is 0 Å². The van der Waals surface area contributed by atoms with Crippen molar-refractivity contribution >= 4 is 5.84 Å². The lowest BCUT2D eigenvalue weighted by molar-refractivity contribution is 0.147. The monoisotopic (exact) mass is 368 g/mol. The second-order valence-corrected chi connectivity index (χ2v) is 7.88. The summed E-state index contributed by atoms with van der Waals surface area (Å²) in [6.07, 6.45) is 18.4. The highest BCUT2D eigenvalue weighted by Gasteiger charge is 2.15. The van der Waals surface area contributed by atoms with Gasteiger partial charge in [-0.05, 0) is 19.3 Å². The summed E-state index contributed by atoms with van der Waals surface area (Å²) in [7, 11) is 0. The predicted octanol–water partition coefficient (Wildman–Crippen LogP) is 4.93. The van der Waals surface area contributed by atoms with E-state index in [2.05, 4.69) is 16.8 Å². The average Bonchev–Trinajstić information content (AvgIpc) is 3.08. The molecule has 1 aliphatic rings. The second kappa shape index (κ2) is 16.6. The van der Waals surface area contributed by atoms with Crippen LogP contribution in [0.1, 0.15) is 103 Å². The maximum atomic E-state index is 9.96. The summed E-state index contributed by atoms with van der Waals surface area (Å²) < 4.78 is 0. The lowest BCUT2D eigenvalue weighted by Crippen LogP contribution is -2.30. The fraction of sp³-hybridized carbons (Fsp3) is 0.955. The third-order valence-electron chi connectivity index (χ3n) is 5.48. The molecular formula is C22H44N2O2. The molecule has 0 aliphatic carbocycles. The van der Waals surface area contributed by atoms with E-state index in [1.807, 2.05) is 0 Å². The molecule has 1 heterocycles. The summed E-state index contributed by atoms with van der Waals surface area (Å²) in [5, 5.41) is 19.0. The summed E-state index contributed by atoms with van der Waals surface area (Å²) >= 11 is 0. The van der Waals surface area contributed by atoms with Gasteiger partial charge in [-0.25, -0.2) is 0 Å². The Hall–Kier alpha value is -0.610. The van der Waals surface area contributed by atoms with E-state index >= 15 is 0 Å². The van der Waals surface area contributed by atoms with E-state index in [1.165, 1.54) is 82.9 Å². The van der Waals surface area contributed by atoms with Crippen LogP contribution in [0.2, 0.25) is 0 Å². The van der Waals surface area contributed by atoms with Gasteiger partial charge in [0.15, 0.2) is 0 Å². The summed E-state index contributed by atoms with van der Waals surface area (Å²) in [5.41, 5.74) is 0. The molecule has 2 N–H and O–H groups in total. The maximum absolute atomic E-state index is 9.96. The Balaban J connectivity index is 1.82. The van der Waals surface area contributed by atoms with Crippen molar-refractivity contribution in [1.82, 2.24) is 4.90 Å². The van der Waals surface area contributed by atoms with Crippen molar-refractivity contribution in [2.75, 3.05) is 26.2 Å². The van der Waals surface area contributed by atoms with Crippen LogP contribution < -0.4 is 0 Å². The number of nitrogens with zero attached hydrogens (tertiary/aromatic N) is 2. The molecule has 1 aliphatic heterocycles. The first-order valence-electron chi connectivity index (χ1n) is 11.3. The SMILES string of the molecule is CCCCCCC(O)CCCCCCCCCCC1=NCCN1CCO. The first-order valence-corrected chi connectivity index (χ1v) is 11.3. The van der Waals surface area contributed by atoms with Crippen LogP contribution in [0.5, 0.6) is 0 Å². The topological polar surface area (TPSA) is 56.1 Å².